The van der Waals surface area contributed by atoms with Crippen LogP contribution in [0.2, 0.25) is 0 Å². The van der Waals surface area contributed by atoms with Crippen LogP contribution in [0.25, 0.3) is 43.1 Å². The van der Waals surface area contributed by atoms with Crippen molar-refractivity contribution in [3.8, 4) is 0 Å². The molecule has 8 aromatic carbocycles. The second kappa shape index (κ2) is 12.8. The smallest absolute Gasteiger partial charge is 0.0529 e. The van der Waals surface area contributed by atoms with Crippen LogP contribution in [-0.2, 0) is 0 Å². The van der Waals surface area contributed by atoms with Crippen LogP contribution in [0.5, 0.6) is 0 Å². The van der Waals surface area contributed by atoms with Crippen molar-refractivity contribution in [1.82, 2.24) is 9.80 Å². The van der Waals surface area contributed by atoms with E-state index in [2.05, 4.69) is 180 Å². The normalized spacial score (nSPS) is 21.3. The summed E-state index contributed by atoms with van der Waals surface area (Å²) in [4.78, 5) is 5.79. The maximum atomic E-state index is 2.89. The third-order valence-corrected chi connectivity index (χ3v) is 12.1. The molecule has 4 atom stereocenters. The summed E-state index contributed by atoms with van der Waals surface area (Å²) in [5, 5.41) is 10.8. The highest BCUT2D eigenvalue weighted by Crippen LogP contribution is 2.52. The Morgan fingerprint density at radius 2 is 0.529 bits per heavy atom. The Morgan fingerprint density at radius 3 is 0.804 bits per heavy atom. The lowest BCUT2D eigenvalue weighted by Crippen LogP contribution is -2.40. The number of hydrogen-bond acceptors (Lipinski definition) is 2. The summed E-state index contributed by atoms with van der Waals surface area (Å²) in [5.41, 5.74) is 5.83. The largest absolute Gasteiger partial charge is 0.276 e. The fraction of sp³-hybridized carbons (Fsp3) is 0.184. The summed E-state index contributed by atoms with van der Waals surface area (Å²) < 4.78 is 0. The molecule has 0 bridgehead atoms. The Morgan fingerprint density at radius 1 is 0.294 bits per heavy atom. The fourth-order valence-corrected chi connectivity index (χ4v) is 9.81. The van der Waals surface area contributed by atoms with Crippen molar-refractivity contribution in [3.63, 3.8) is 0 Å². The first-order valence-electron chi connectivity index (χ1n) is 18.7. The zero-order valence-electron chi connectivity index (χ0n) is 28.9. The lowest BCUT2D eigenvalue weighted by Gasteiger charge is -2.40. The number of benzene rings is 8. The Hall–Kier alpha value is -5.28. The Bertz CT molecular complexity index is 2160. The molecule has 51 heavy (non-hydrogen) atoms. The monoisotopic (exact) mass is 658 g/mol. The third-order valence-electron chi connectivity index (χ3n) is 12.1. The van der Waals surface area contributed by atoms with E-state index in [1.54, 1.807) is 0 Å². The van der Waals surface area contributed by atoms with Crippen LogP contribution in [0.1, 0.15) is 72.1 Å². The van der Waals surface area contributed by atoms with Gasteiger partial charge in [-0.05, 0) is 91.0 Å². The van der Waals surface area contributed by atoms with Crippen LogP contribution >= 0.6 is 0 Å². The maximum Gasteiger partial charge on any atom is 0.0529 e. The van der Waals surface area contributed by atoms with Gasteiger partial charge in [-0.15, -0.1) is 0 Å². The first-order valence-corrected chi connectivity index (χ1v) is 18.7. The van der Waals surface area contributed by atoms with Crippen LogP contribution in [-0.4, -0.2) is 16.5 Å². The second-order valence-corrected chi connectivity index (χ2v) is 14.7. The summed E-state index contributed by atoms with van der Waals surface area (Å²) in [6.45, 7) is 0.892. The van der Waals surface area contributed by atoms with Gasteiger partial charge in [-0.2, -0.15) is 0 Å². The minimum absolute atomic E-state index is 0.307. The van der Waals surface area contributed by atoms with Gasteiger partial charge in [0.2, 0.25) is 0 Å². The lowest BCUT2D eigenvalue weighted by atomic mass is 9.96. The van der Waals surface area contributed by atoms with Gasteiger partial charge in [0.05, 0.1) is 6.67 Å². The Labute approximate surface area is 300 Å². The summed E-state index contributed by atoms with van der Waals surface area (Å²) in [6.07, 6.45) is 4.53. The molecule has 2 nitrogen and oxygen atoms in total. The average Bonchev–Trinajstić information content (AvgIpc) is 3.81. The van der Waals surface area contributed by atoms with E-state index in [0.29, 0.717) is 24.2 Å². The van der Waals surface area contributed by atoms with E-state index >= 15 is 0 Å². The van der Waals surface area contributed by atoms with Crippen molar-refractivity contribution in [1.29, 1.82) is 0 Å². The molecule has 0 amide bonds. The molecule has 2 aliphatic heterocycles. The number of fused-ring (bicyclic) bond motifs is 4. The van der Waals surface area contributed by atoms with Gasteiger partial charge in [-0.3, -0.25) is 9.80 Å². The molecule has 248 valence electrons. The number of likely N-dealkylation sites (tertiary alicyclic amines) is 2. The van der Waals surface area contributed by atoms with Gasteiger partial charge >= 0.3 is 0 Å². The SMILES string of the molecule is c1ccc2c([C@H]3CC[C@H](c4cccc5ccccc45)N3CN3[C@@H](c4cccc5ccccc45)CC[C@@H]3c3cccc4ccccc34)cccc2c1. The van der Waals surface area contributed by atoms with Crippen LogP contribution in [0.3, 0.4) is 0 Å². The highest BCUT2D eigenvalue weighted by atomic mass is 15.4. The van der Waals surface area contributed by atoms with E-state index in [0.717, 1.165) is 32.4 Å². The van der Waals surface area contributed by atoms with E-state index < -0.39 is 0 Å². The Balaban J connectivity index is 1.16. The van der Waals surface area contributed by atoms with E-state index in [1.807, 2.05) is 0 Å². The summed E-state index contributed by atoms with van der Waals surface area (Å²) >= 11 is 0. The topological polar surface area (TPSA) is 6.48 Å². The number of rotatable bonds is 6. The van der Waals surface area contributed by atoms with Crippen molar-refractivity contribution < 1.29 is 0 Å². The van der Waals surface area contributed by atoms with E-state index in [9.17, 15) is 0 Å². The molecule has 0 aromatic heterocycles. The van der Waals surface area contributed by atoms with Crippen LogP contribution in [0.4, 0.5) is 0 Å². The number of nitrogens with zero attached hydrogens (tertiary/aromatic N) is 2. The fourth-order valence-electron chi connectivity index (χ4n) is 9.81. The lowest BCUT2D eigenvalue weighted by molar-refractivity contribution is 0.0541. The van der Waals surface area contributed by atoms with Gasteiger partial charge in [-0.25, -0.2) is 0 Å². The van der Waals surface area contributed by atoms with Gasteiger partial charge in [0.1, 0.15) is 0 Å². The highest BCUT2D eigenvalue weighted by molar-refractivity contribution is 5.89. The molecule has 8 aromatic rings. The van der Waals surface area contributed by atoms with E-state index in [4.69, 9.17) is 0 Å². The summed E-state index contributed by atoms with van der Waals surface area (Å²) in [5.74, 6) is 0. The van der Waals surface area contributed by atoms with Crippen molar-refractivity contribution >= 4 is 43.1 Å². The molecule has 2 saturated heterocycles. The molecular formula is C49H42N2. The molecule has 0 unspecified atom stereocenters. The van der Waals surface area contributed by atoms with Crippen molar-refractivity contribution in [3.05, 3.63) is 192 Å². The minimum Gasteiger partial charge on any atom is -0.276 e. The molecule has 10 rings (SSSR count). The zero-order valence-corrected chi connectivity index (χ0v) is 28.9. The molecule has 0 N–H and O–H groups in total. The van der Waals surface area contributed by atoms with Gasteiger partial charge < -0.3 is 0 Å². The molecule has 2 aliphatic rings. The predicted molar refractivity (Wildman–Crippen MR) is 214 cm³/mol. The molecule has 2 heterocycles. The highest BCUT2D eigenvalue weighted by Gasteiger charge is 2.43. The third kappa shape index (κ3) is 5.25. The molecule has 0 aliphatic carbocycles. The van der Waals surface area contributed by atoms with Crippen molar-refractivity contribution in [2.24, 2.45) is 0 Å². The quantitative estimate of drug-likeness (QED) is 0.175. The number of hydrogen-bond donors (Lipinski definition) is 0. The zero-order chi connectivity index (χ0) is 33.7. The molecule has 2 heteroatoms. The molecule has 0 saturated carbocycles. The Kier molecular flexibility index (Phi) is 7.66. The van der Waals surface area contributed by atoms with E-state index in [1.165, 1.54) is 65.3 Å². The van der Waals surface area contributed by atoms with Gasteiger partial charge in [0, 0.05) is 24.2 Å². The molecular weight excluding hydrogens is 617 g/mol. The summed E-state index contributed by atoms with van der Waals surface area (Å²) in [6, 6.07) is 65.0. The first-order chi connectivity index (χ1) is 25.3. The van der Waals surface area contributed by atoms with Crippen LogP contribution in [0, 0.1) is 0 Å². The van der Waals surface area contributed by atoms with Gasteiger partial charge in [-0.1, -0.05) is 170 Å². The molecule has 2 fully saturated rings. The standard InChI is InChI=1S/C49H42N2/c1-5-21-38-34(13-1)17-9-25-42(38)46-29-30-47(43-26-10-18-35-14-2-6-22-39(35)43)50(46)33-51-48(44-27-11-19-36-15-3-7-23-40(36)44)31-32-49(51)45-28-12-20-37-16-4-8-24-41(37)45/h1-28,46-49H,29-33H2/t46-,47-,48-,49-/m1/s1. The van der Waals surface area contributed by atoms with Crippen molar-refractivity contribution in [2.45, 2.75) is 49.9 Å². The van der Waals surface area contributed by atoms with Crippen molar-refractivity contribution in [2.75, 3.05) is 6.67 Å². The maximum absolute atomic E-state index is 2.89. The summed E-state index contributed by atoms with van der Waals surface area (Å²) in [7, 11) is 0. The van der Waals surface area contributed by atoms with Crippen LogP contribution < -0.4 is 0 Å². The van der Waals surface area contributed by atoms with Crippen LogP contribution in [0.15, 0.2) is 170 Å². The average molecular weight is 659 g/mol. The molecule has 0 radical (unpaired) electrons. The second-order valence-electron chi connectivity index (χ2n) is 14.7. The van der Waals surface area contributed by atoms with Gasteiger partial charge in [0.25, 0.3) is 0 Å². The van der Waals surface area contributed by atoms with E-state index in [-0.39, 0.29) is 0 Å². The molecule has 0 spiro atoms. The minimum atomic E-state index is 0.307. The van der Waals surface area contributed by atoms with Gasteiger partial charge in [0.15, 0.2) is 0 Å². The predicted octanol–water partition coefficient (Wildman–Crippen LogP) is 12.7. The first kappa shape index (κ1) is 30.5.